The van der Waals surface area contributed by atoms with Crippen molar-refractivity contribution in [1.82, 2.24) is 0 Å². The molecule has 0 fully saturated rings. The van der Waals surface area contributed by atoms with Crippen molar-refractivity contribution in [2.24, 2.45) is 0 Å². The molecule has 0 saturated carbocycles. The fraction of sp³-hybridized carbons (Fsp3) is 0.222. The molecule has 1 rings (SSSR count). The molecule has 0 aliphatic heterocycles. The fourth-order valence-electron chi connectivity index (χ4n) is 0.932. The summed E-state index contributed by atoms with van der Waals surface area (Å²) in [6, 6.07) is 8.17. The van der Waals surface area contributed by atoms with Crippen LogP contribution in [0.3, 0.4) is 0 Å². The summed E-state index contributed by atoms with van der Waals surface area (Å²) < 4.78 is 0. The van der Waals surface area contributed by atoms with Crippen molar-refractivity contribution in [3.8, 4) is 5.40 Å². The van der Waals surface area contributed by atoms with Crippen molar-refractivity contribution in [2.45, 2.75) is 10.6 Å². The highest BCUT2D eigenvalue weighted by atomic mass is 32.2. The lowest BCUT2D eigenvalue weighted by Gasteiger charge is -2.02. The van der Waals surface area contributed by atoms with E-state index in [1.807, 2.05) is 12.1 Å². The van der Waals surface area contributed by atoms with Gasteiger partial charge in [0.2, 0.25) is 0 Å². The van der Waals surface area contributed by atoms with Crippen molar-refractivity contribution < 1.29 is 0 Å². The van der Waals surface area contributed by atoms with Gasteiger partial charge in [0.1, 0.15) is 5.40 Å². The van der Waals surface area contributed by atoms with Crippen molar-refractivity contribution in [3.05, 3.63) is 29.8 Å². The van der Waals surface area contributed by atoms with Crippen LogP contribution in [0.25, 0.3) is 0 Å². The van der Waals surface area contributed by atoms with Crippen LogP contribution in [0.2, 0.25) is 0 Å². The smallest absolute Gasteiger partial charge is 0.133 e. The number of benzene rings is 1. The van der Waals surface area contributed by atoms with Gasteiger partial charge >= 0.3 is 0 Å². The van der Waals surface area contributed by atoms with Gasteiger partial charge in [-0.05, 0) is 29.6 Å². The largest absolute Gasteiger partial charge is 0.185 e. The minimum absolute atomic E-state index is 0.785. The number of thiocyanates is 1. The van der Waals surface area contributed by atoms with E-state index in [1.165, 1.54) is 22.2 Å². The highest BCUT2D eigenvalue weighted by Gasteiger charge is 1.98. The van der Waals surface area contributed by atoms with E-state index in [1.54, 1.807) is 11.8 Å². The molecule has 0 aliphatic rings. The van der Waals surface area contributed by atoms with E-state index < -0.39 is 0 Å². The molecular formula is C9H9NS2. The molecule has 0 saturated heterocycles. The molecule has 0 spiro atoms. The predicted octanol–water partition coefficient (Wildman–Crippen LogP) is 3.12. The third-order valence-electron chi connectivity index (χ3n) is 1.48. The SMILES string of the molecule is CSc1ccccc1CSC#N. The van der Waals surface area contributed by atoms with Crippen LogP contribution in [0.15, 0.2) is 29.2 Å². The standard InChI is InChI=1S/C9H9NS2/c1-11-9-5-3-2-4-8(9)6-12-7-10/h2-5H,6H2,1H3. The van der Waals surface area contributed by atoms with E-state index >= 15 is 0 Å². The molecular weight excluding hydrogens is 186 g/mol. The van der Waals surface area contributed by atoms with E-state index in [4.69, 9.17) is 5.26 Å². The fourth-order valence-corrected chi connectivity index (χ4v) is 2.11. The first-order valence-corrected chi connectivity index (χ1v) is 5.72. The zero-order chi connectivity index (χ0) is 8.81. The van der Waals surface area contributed by atoms with E-state index in [2.05, 4.69) is 23.8 Å². The zero-order valence-electron chi connectivity index (χ0n) is 6.78. The summed E-state index contributed by atoms with van der Waals surface area (Å²) in [7, 11) is 0. The predicted molar refractivity (Wildman–Crippen MR) is 55.1 cm³/mol. The van der Waals surface area contributed by atoms with Gasteiger partial charge < -0.3 is 0 Å². The minimum Gasteiger partial charge on any atom is -0.185 e. The Morgan fingerprint density at radius 1 is 1.42 bits per heavy atom. The molecule has 62 valence electrons. The van der Waals surface area contributed by atoms with Crippen molar-refractivity contribution >= 4 is 23.5 Å². The number of rotatable bonds is 3. The Hall–Kier alpha value is -0.590. The molecule has 0 aromatic heterocycles. The Morgan fingerprint density at radius 2 is 2.17 bits per heavy atom. The molecule has 1 aromatic rings. The van der Waals surface area contributed by atoms with Gasteiger partial charge in [0, 0.05) is 10.6 Å². The lowest BCUT2D eigenvalue weighted by molar-refractivity contribution is 1.28. The molecule has 3 heteroatoms. The summed E-state index contributed by atoms with van der Waals surface area (Å²) in [5.41, 5.74) is 1.25. The first-order chi connectivity index (χ1) is 5.88. The van der Waals surface area contributed by atoms with Crippen LogP contribution >= 0.6 is 23.5 Å². The van der Waals surface area contributed by atoms with Gasteiger partial charge in [0.15, 0.2) is 0 Å². The van der Waals surface area contributed by atoms with E-state index in [0.29, 0.717) is 0 Å². The van der Waals surface area contributed by atoms with Crippen LogP contribution < -0.4 is 0 Å². The molecule has 0 N–H and O–H groups in total. The Bertz CT molecular complexity index is 291. The van der Waals surface area contributed by atoms with Gasteiger partial charge in [0.05, 0.1) is 0 Å². The summed E-state index contributed by atoms with van der Waals surface area (Å²) in [6.45, 7) is 0. The number of hydrogen-bond donors (Lipinski definition) is 0. The Balaban J connectivity index is 2.76. The Kier molecular flexibility index (Phi) is 4.06. The van der Waals surface area contributed by atoms with Crippen LogP contribution in [-0.4, -0.2) is 6.26 Å². The van der Waals surface area contributed by atoms with Gasteiger partial charge in [-0.25, -0.2) is 0 Å². The van der Waals surface area contributed by atoms with Crippen LogP contribution in [0, 0.1) is 10.7 Å². The molecule has 1 aromatic carbocycles. The van der Waals surface area contributed by atoms with Gasteiger partial charge in [0.25, 0.3) is 0 Å². The van der Waals surface area contributed by atoms with E-state index in [-0.39, 0.29) is 0 Å². The third-order valence-corrected chi connectivity index (χ3v) is 2.91. The second kappa shape index (κ2) is 5.13. The van der Waals surface area contributed by atoms with Crippen LogP contribution in [-0.2, 0) is 5.75 Å². The molecule has 1 nitrogen and oxygen atoms in total. The first-order valence-electron chi connectivity index (χ1n) is 3.51. The summed E-state index contributed by atoms with van der Waals surface area (Å²) in [4.78, 5) is 1.26. The topological polar surface area (TPSA) is 23.8 Å². The summed E-state index contributed by atoms with van der Waals surface area (Å²) in [5, 5.41) is 10.5. The average Bonchev–Trinajstić information content (AvgIpc) is 2.15. The van der Waals surface area contributed by atoms with Crippen molar-refractivity contribution in [2.75, 3.05) is 6.26 Å². The minimum atomic E-state index is 0.785. The highest BCUT2D eigenvalue weighted by Crippen LogP contribution is 2.23. The maximum absolute atomic E-state index is 8.40. The molecule has 0 atom stereocenters. The second-order valence-electron chi connectivity index (χ2n) is 2.19. The second-order valence-corrected chi connectivity index (χ2v) is 3.80. The molecule has 0 aliphatic carbocycles. The van der Waals surface area contributed by atoms with Crippen molar-refractivity contribution in [1.29, 1.82) is 5.26 Å². The first kappa shape index (κ1) is 9.50. The van der Waals surface area contributed by atoms with Crippen LogP contribution in [0.4, 0.5) is 0 Å². The number of nitrogens with zero attached hydrogens (tertiary/aromatic N) is 1. The van der Waals surface area contributed by atoms with E-state index in [0.717, 1.165) is 5.75 Å². The monoisotopic (exact) mass is 195 g/mol. The lowest BCUT2D eigenvalue weighted by atomic mass is 10.2. The van der Waals surface area contributed by atoms with Gasteiger partial charge in [-0.1, -0.05) is 18.2 Å². The van der Waals surface area contributed by atoms with Gasteiger partial charge in [-0.2, -0.15) is 5.26 Å². The summed E-state index contributed by atoms with van der Waals surface area (Å²) >= 11 is 3.01. The number of nitriles is 1. The zero-order valence-corrected chi connectivity index (χ0v) is 8.41. The maximum Gasteiger partial charge on any atom is 0.133 e. The molecule has 0 heterocycles. The average molecular weight is 195 g/mol. The quantitative estimate of drug-likeness (QED) is 0.547. The summed E-state index contributed by atoms with van der Waals surface area (Å²) in [6.07, 6.45) is 2.05. The summed E-state index contributed by atoms with van der Waals surface area (Å²) in [5.74, 6) is 0.785. The molecule has 0 unspecified atom stereocenters. The van der Waals surface area contributed by atoms with Crippen LogP contribution in [0.1, 0.15) is 5.56 Å². The van der Waals surface area contributed by atoms with Crippen LogP contribution in [0.5, 0.6) is 0 Å². The molecule has 0 radical (unpaired) electrons. The number of thioether (sulfide) groups is 2. The highest BCUT2D eigenvalue weighted by molar-refractivity contribution is 8.03. The molecule has 0 bridgehead atoms. The Morgan fingerprint density at radius 3 is 2.83 bits per heavy atom. The Labute approximate surface area is 81.2 Å². The third kappa shape index (κ3) is 2.47. The normalized spacial score (nSPS) is 9.33. The maximum atomic E-state index is 8.40. The number of hydrogen-bond acceptors (Lipinski definition) is 3. The lowest BCUT2D eigenvalue weighted by Crippen LogP contribution is -1.82. The van der Waals surface area contributed by atoms with Gasteiger partial charge in [-0.3, -0.25) is 0 Å². The molecule has 12 heavy (non-hydrogen) atoms. The van der Waals surface area contributed by atoms with Gasteiger partial charge in [-0.15, -0.1) is 11.8 Å². The van der Waals surface area contributed by atoms with Crippen molar-refractivity contribution in [3.63, 3.8) is 0 Å². The molecule has 0 amide bonds. The van der Waals surface area contributed by atoms with E-state index in [9.17, 15) is 0 Å².